The van der Waals surface area contributed by atoms with Gasteiger partial charge >= 0.3 is 8.41 Å². The fourth-order valence-electron chi connectivity index (χ4n) is 1.16. The van der Waals surface area contributed by atoms with Crippen LogP contribution in [0.15, 0.2) is 36.7 Å². The van der Waals surface area contributed by atoms with Gasteiger partial charge in [0.05, 0.1) is 0 Å². The van der Waals surface area contributed by atoms with Crippen LogP contribution in [0.3, 0.4) is 0 Å². The standard InChI is InChI=1S/C9H10N2.B.2FH/c1-3-8(10-5-1)7-9-4-2-6-11-9;;;/h1-6,10-11H,7H2;;2*1H/q;+2;;/p-2. The first-order valence-corrected chi connectivity index (χ1v) is 3.70. The van der Waals surface area contributed by atoms with Crippen LogP contribution in [-0.4, -0.2) is 18.4 Å². The van der Waals surface area contributed by atoms with E-state index in [0.717, 1.165) is 6.42 Å². The minimum atomic E-state index is 0. The number of hydrogen-bond donors (Lipinski definition) is 2. The Kier molecular flexibility index (Phi) is 7.43. The van der Waals surface area contributed by atoms with Crippen molar-refractivity contribution in [3.8, 4) is 0 Å². The van der Waals surface area contributed by atoms with Crippen molar-refractivity contribution in [2.24, 2.45) is 0 Å². The largest absolute Gasteiger partial charge is 2.00 e. The van der Waals surface area contributed by atoms with Crippen LogP contribution in [0.25, 0.3) is 0 Å². The van der Waals surface area contributed by atoms with Crippen molar-refractivity contribution >= 4 is 8.41 Å². The summed E-state index contributed by atoms with van der Waals surface area (Å²) in [4.78, 5) is 6.31. The Hall–Kier alpha value is -1.52. The molecule has 2 heterocycles. The number of nitrogens with one attached hydrogen (secondary N) is 2. The molecular weight excluding hydrogens is 185 g/mol. The summed E-state index contributed by atoms with van der Waals surface area (Å²) in [5, 5.41) is 0. The SMILES string of the molecule is [B+2].[F-].[F-].c1c[nH]c(Cc2ccc[nH]2)c1. The zero-order chi connectivity index (χ0) is 7.52. The Labute approximate surface area is 83.1 Å². The summed E-state index contributed by atoms with van der Waals surface area (Å²) in [6, 6.07) is 8.19. The van der Waals surface area contributed by atoms with Gasteiger partial charge in [-0.1, -0.05) is 0 Å². The van der Waals surface area contributed by atoms with Gasteiger partial charge < -0.3 is 19.4 Å². The summed E-state index contributed by atoms with van der Waals surface area (Å²) < 4.78 is 0. The van der Waals surface area contributed by atoms with Crippen molar-refractivity contribution in [1.29, 1.82) is 0 Å². The molecule has 0 atom stereocenters. The third-order valence-electron chi connectivity index (χ3n) is 1.71. The number of halogens is 2. The van der Waals surface area contributed by atoms with Crippen molar-refractivity contribution in [2.75, 3.05) is 0 Å². The Bertz CT molecular complexity index is 273. The third-order valence-corrected chi connectivity index (χ3v) is 1.71. The quantitative estimate of drug-likeness (QED) is 0.453. The van der Waals surface area contributed by atoms with Crippen LogP contribution in [0.1, 0.15) is 11.4 Å². The number of hydrogen-bond acceptors (Lipinski definition) is 0. The number of aromatic nitrogens is 2. The van der Waals surface area contributed by atoms with Crippen LogP contribution in [-0.2, 0) is 6.42 Å². The molecule has 2 aromatic rings. The molecule has 73 valence electrons. The van der Waals surface area contributed by atoms with E-state index in [2.05, 4.69) is 22.1 Å². The Morgan fingerprint density at radius 2 is 1.29 bits per heavy atom. The predicted octanol–water partition coefficient (Wildman–Crippen LogP) is -4.44. The molecule has 0 spiro atoms. The maximum Gasteiger partial charge on any atom is 2.00 e. The molecule has 5 heteroatoms. The molecule has 0 aliphatic rings. The van der Waals surface area contributed by atoms with Crippen molar-refractivity contribution in [1.82, 2.24) is 9.97 Å². The molecule has 0 aliphatic carbocycles. The second kappa shape index (κ2) is 6.94. The Morgan fingerprint density at radius 3 is 1.57 bits per heavy atom. The van der Waals surface area contributed by atoms with E-state index < -0.39 is 0 Å². The number of rotatable bonds is 2. The summed E-state index contributed by atoms with van der Waals surface area (Å²) in [5.41, 5.74) is 2.49. The fraction of sp³-hybridized carbons (Fsp3) is 0.111. The zero-order valence-corrected chi connectivity index (χ0v) is 7.50. The van der Waals surface area contributed by atoms with E-state index in [4.69, 9.17) is 0 Å². The molecule has 1 radical (unpaired) electrons. The average molecular weight is 195 g/mol. The summed E-state index contributed by atoms with van der Waals surface area (Å²) in [5.74, 6) is 0. The van der Waals surface area contributed by atoms with Gasteiger partial charge in [-0.3, -0.25) is 0 Å². The number of aromatic amines is 2. The minimum absolute atomic E-state index is 0. The van der Waals surface area contributed by atoms with E-state index >= 15 is 0 Å². The van der Waals surface area contributed by atoms with Crippen LogP contribution >= 0.6 is 0 Å². The maximum atomic E-state index is 3.16. The van der Waals surface area contributed by atoms with E-state index in [-0.39, 0.29) is 17.8 Å². The van der Waals surface area contributed by atoms with Gasteiger partial charge in [0.15, 0.2) is 0 Å². The van der Waals surface area contributed by atoms with Crippen LogP contribution in [0.2, 0.25) is 0 Å². The molecule has 0 fully saturated rings. The van der Waals surface area contributed by atoms with Crippen molar-refractivity contribution < 1.29 is 9.41 Å². The molecule has 0 bridgehead atoms. The van der Waals surface area contributed by atoms with Gasteiger partial charge in [0.1, 0.15) is 0 Å². The van der Waals surface area contributed by atoms with Crippen molar-refractivity contribution in [3.63, 3.8) is 0 Å². The molecular formula is C9H10BF2N2. The van der Waals surface area contributed by atoms with Gasteiger partial charge in [0.2, 0.25) is 0 Å². The summed E-state index contributed by atoms with van der Waals surface area (Å²) in [6.45, 7) is 0. The maximum absolute atomic E-state index is 3.16. The Balaban J connectivity index is 0. The van der Waals surface area contributed by atoms with Crippen molar-refractivity contribution in [2.45, 2.75) is 6.42 Å². The van der Waals surface area contributed by atoms with Gasteiger partial charge in [-0.15, -0.1) is 0 Å². The fourth-order valence-corrected chi connectivity index (χ4v) is 1.16. The number of H-pyrrole nitrogens is 2. The first kappa shape index (κ1) is 15.0. The molecule has 14 heavy (non-hydrogen) atoms. The third kappa shape index (κ3) is 3.47. The zero-order valence-electron chi connectivity index (χ0n) is 7.50. The van der Waals surface area contributed by atoms with Gasteiger partial charge in [0.25, 0.3) is 0 Å². The molecule has 0 aliphatic heterocycles. The molecule has 0 amide bonds. The van der Waals surface area contributed by atoms with E-state index in [1.54, 1.807) is 0 Å². The van der Waals surface area contributed by atoms with E-state index in [9.17, 15) is 0 Å². The molecule has 2 nitrogen and oxygen atoms in total. The molecule has 2 N–H and O–H groups in total. The first-order valence-electron chi connectivity index (χ1n) is 3.70. The molecule has 2 aromatic heterocycles. The van der Waals surface area contributed by atoms with Crippen LogP contribution < -0.4 is 9.41 Å². The van der Waals surface area contributed by atoms with Gasteiger partial charge in [-0.05, 0) is 24.3 Å². The van der Waals surface area contributed by atoms with E-state index in [0.29, 0.717) is 0 Å². The molecule has 0 unspecified atom stereocenters. The minimum Gasteiger partial charge on any atom is -1.00 e. The molecule has 0 saturated heterocycles. The second-order valence-corrected chi connectivity index (χ2v) is 2.57. The Morgan fingerprint density at radius 1 is 0.857 bits per heavy atom. The van der Waals surface area contributed by atoms with Gasteiger partial charge in [0, 0.05) is 30.2 Å². The van der Waals surface area contributed by atoms with Gasteiger partial charge in [-0.25, -0.2) is 0 Å². The molecule has 0 saturated carbocycles. The van der Waals surface area contributed by atoms with Gasteiger partial charge in [-0.2, -0.15) is 0 Å². The van der Waals surface area contributed by atoms with E-state index in [1.165, 1.54) is 11.4 Å². The monoisotopic (exact) mass is 195 g/mol. The normalized spacial score (nSPS) is 8.00. The molecule has 2 rings (SSSR count). The van der Waals surface area contributed by atoms with Crippen molar-refractivity contribution in [3.05, 3.63) is 48.0 Å². The second-order valence-electron chi connectivity index (χ2n) is 2.57. The smallest absolute Gasteiger partial charge is 1.00 e. The van der Waals surface area contributed by atoms with Crippen LogP contribution in [0.4, 0.5) is 0 Å². The summed E-state index contributed by atoms with van der Waals surface area (Å²) >= 11 is 0. The topological polar surface area (TPSA) is 31.6 Å². The predicted molar refractivity (Wildman–Crippen MR) is 50.1 cm³/mol. The summed E-state index contributed by atoms with van der Waals surface area (Å²) in [7, 11) is 0. The van der Waals surface area contributed by atoms with Crippen LogP contribution in [0, 0.1) is 0 Å². The summed E-state index contributed by atoms with van der Waals surface area (Å²) in [6.07, 6.45) is 4.84. The van der Waals surface area contributed by atoms with Crippen LogP contribution in [0.5, 0.6) is 0 Å². The first-order chi connectivity index (χ1) is 5.45. The average Bonchev–Trinajstić information content (AvgIpc) is 2.60. The molecule has 0 aromatic carbocycles. The van der Waals surface area contributed by atoms with E-state index in [1.807, 2.05) is 24.5 Å².